The quantitative estimate of drug-likeness (QED) is 0.799. The molecule has 0 spiro atoms. The van der Waals surface area contributed by atoms with Crippen LogP contribution in [0.3, 0.4) is 0 Å². The SMILES string of the molecule is Cl/C=C/COc1nc2ccccc2s1. The van der Waals surface area contributed by atoms with Crippen LogP contribution in [0, 0.1) is 0 Å². The third-order valence-corrected chi connectivity index (χ3v) is 2.79. The van der Waals surface area contributed by atoms with Crippen LogP contribution in [0.15, 0.2) is 35.9 Å². The van der Waals surface area contributed by atoms with Gasteiger partial charge < -0.3 is 4.74 Å². The first-order valence-electron chi connectivity index (χ1n) is 4.14. The van der Waals surface area contributed by atoms with Crippen LogP contribution in [-0.4, -0.2) is 11.6 Å². The van der Waals surface area contributed by atoms with Crippen molar-refractivity contribution < 1.29 is 4.74 Å². The lowest BCUT2D eigenvalue weighted by molar-refractivity contribution is 0.361. The van der Waals surface area contributed by atoms with E-state index >= 15 is 0 Å². The molecule has 0 radical (unpaired) electrons. The molecule has 1 aromatic heterocycles. The van der Waals surface area contributed by atoms with Crippen molar-refractivity contribution in [2.45, 2.75) is 0 Å². The van der Waals surface area contributed by atoms with Gasteiger partial charge in [-0.15, -0.1) is 0 Å². The van der Waals surface area contributed by atoms with E-state index < -0.39 is 0 Å². The summed E-state index contributed by atoms with van der Waals surface area (Å²) in [6.45, 7) is 0.462. The van der Waals surface area contributed by atoms with Gasteiger partial charge in [0.1, 0.15) is 6.61 Å². The van der Waals surface area contributed by atoms with Gasteiger partial charge in [-0.3, -0.25) is 0 Å². The number of ether oxygens (including phenoxy) is 1. The highest BCUT2D eigenvalue weighted by atomic mass is 35.5. The zero-order valence-electron chi connectivity index (χ0n) is 7.31. The third kappa shape index (κ3) is 2.05. The number of nitrogens with zero attached hydrogens (tertiary/aromatic N) is 1. The van der Waals surface area contributed by atoms with Crippen LogP contribution in [0.25, 0.3) is 10.2 Å². The zero-order valence-corrected chi connectivity index (χ0v) is 8.89. The Morgan fingerprint density at radius 3 is 3.07 bits per heavy atom. The van der Waals surface area contributed by atoms with Crippen molar-refractivity contribution in [2.24, 2.45) is 0 Å². The summed E-state index contributed by atoms with van der Waals surface area (Å²) in [5, 5.41) is 0.681. The summed E-state index contributed by atoms with van der Waals surface area (Å²) >= 11 is 6.91. The molecule has 4 heteroatoms. The van der Waals surface area contributed by atoms with Crippen molar-refractivity contribution in [3.05, 3.63) is 35.9 Å². The average molecular weight is 226 g/mol. The monoisotopic (exact) mass is 225 g/mol. The third-order valence-electron chi connectivity index (χ3n) is 1.67. The minimum Gasteiger partial charge on any atom is -0.466 e. The molecule has 0 atom stereocenters. The number of aromatic nitrogens is 1. The molecule has 14 heavy (non-hydrogen) atoms. The molecule has 0 aliphatic carbocycles. The Bertz CT molecular complexity index is 419. The van der Waals surface area contributed by atoms with E-state index in [9.17, 15) is 0 Å². The van der Waals surface area contributed by atoms with Crippen molar-refractivity contribution >= 4 is 33.2 Å². The largest absolute Gasteiger partial charge is 0.466 e. The number of thiazole rings is 1. The highest BCUT2D eigenvalue weighted by Gasteiger charge is 2.01. The Morgan fingerprint density at radius 2 is 2.29 bits per heavy atom. The van der Waals surface area contributed by atoms with Crippen LogP contribution in [0.1, 0.15) is 0 Å². The van der Waals surface area contributed by atoms with Crippen molar-refractivity contribution in [3.8, 4) is 5.19 Å². The van der Waals surface area contributed by atoms with Crippen molar-refractivity contribution in [3.63, 3.8) is 0 Å². The van der Waals surface area contributed by atoms with E-state index in [4.69, 9.17) is 16.3 Å². The molecular formula is C10H8ClNOS. The maximum atomic E-state index is 5.37. The Hall–Kier alpha value is -1.06. The number of benzene rings is 1. The van der Waals surface area contributed by atoms with Crippen molar-refractivity contribution in [2.75, 3.05) is 6.61 Å². The number of halogens is 1. The highest BCUT2D eigenvalue weighted by Crippen LogP contribution is 2.27. The minimum absolute atomic E-state index is 0.462. The second-order valence-corrected chi connectivity index (χ2v) is 3.87. The molecule has 0 aliphatic rings. The van der Waals surface area contributed by atoms with E-state index in [1.165, 1.54) is 16.9 Å². The summed E-state index contributed by atoms with van der Waals surface area (Å²) in [6.07, 6.45) is 1.73. The fourth-order valence-corrected chi connectivity index (χ4v) is 1.97. The van der Waals surface area contributed by atoms with Gasteiger partial charge >= 0.3 is 0 Å². The van der Waals surface area contributed by atoms with Crippen LogP contribution in [0.5, 0.6) is 5.19 Å². The highest BCUT2D eigenvalue weighted by molar-refractivity contribution is 7.20. The molecule has 0 saturated carbocycles. The maximum absolute atomic E-state index is 5.37. The zero-order chi connectivity index (χ0) is 9.80. The first-order chi connectivity index (χ1) is 6.90. The molecule has 72 valence electrons. The molecule has 0 N–H and O–H groups in total. The number of rotatable bonds is 3. The standard InChI is InChI=1S/C10H8ClNOS/c11-6-3-7-13-10-12-8-4-1-2-5-9(8)14-10/h1-6H,7H2/b6-3+. The molecule has 0 aliphatic heterocycles. The predicted octanol–water partition coefficient (Wildman–Crippen LogP) is 3.43. The number of hydrogen-bond donors (Lipinski definition) is 0. The summed E-state index contributed by atoms with van der Waals surface area (Å²) in [5.41, 5.74) is 2.41. The van der Waals surface area contributed by atoms with Crippen molar-refractivity contribution in [1.29, 1.82) is 0 Å². The van der Waals surface area contributed by atoms with Crippen LogP contribution >= 0.6 is 22.9 Å². The molecule has 0 unspecified atom stereocenters. The van der Waals surface area contributed by atoms with E-state index in [1.807, 2.05) is 24.3 Å². The van der Waals surface area contributed by atoms with E-state index in [0.29, 0.717) is 11.8 Å². The van der Waals surface area contributed by atoms with E-state index in [2.05, 4.69) is 4.98 Å². The molecular weight excluding hydrogens is 218 g/mol. The lowest BCUT2D eigenvalue weighted by Gasteiger charge is -1.93. The fraction of sp³-hybridized carbons (Fsp3) is 0.100. The van der Waals surface area contributed by atoms with Gasteiger partial charge in [0.25, 0.3) is 5.19 Å². The molecule has 0 fully saturated rings. The molecule has 1 aromatic carbocycles. The molecule has 2 rings (SSSR count). The second-order valence-electron chi connectivity index (χ2n) is 2.62. The number of fused-ring (bicyclic) bond motifs is 1. The molecule has 2 nitrogen and oxygen atoms in total. The second kappa shape index (κ2) is 4.44. The van der Waals surface area contributed by atoms with Gasteiger partial charge in [-0.1, -0.05) is 35.1 Å². The lowest BCUT2D eigenvalue weighted by Crippen LogP contribution is -1.91. The summed E-state index contributed by atoms with van der Waals surface area (Å²) in [4.78, 5) is 4.30. The van der Waals surface area contributed by atoms with Gasteiger partial charge in [-0.25, -0.2) is 4.98 Å². The molecule has 0 amide bonds. The van der Waals surface area contributed by atoms with Crippen LogP contribution < -0.4 is 4.74 Å². The Labute approximate surface area is 90.8 Å². The maximum Gasteiger partial charge on any atom is 0.274 e. The van der Waals surface area contributed by atoms with Gasteiger partial charge in [0.2, 0.25) is 0 Å². The van der Waals surface area contributed by atoms with E-state index in [0.717, 1.165) is 10.2 Å². The van der Waals surface area contributed by atoms with Crippen LogP contribution in [0.4, 0.5) is 0 Å². The lowest BCUT2D eigenvalue weighted by atomic mass is 10.3. The summed E-state index contributed by atoms with van der Waals surface area (Å²) in [6, 6.07) is 7.95. The molecule has 0 saturated heterocycles. The Morgan fingerprint density at radius 1 is 1.43 bits per heavy atom. The predicted molar refractivity (Wildman–Crippen MR) is 60.1 cm³/mol. The normalized spacial score (nSPS) is 11.2. The summed E-state index contributed by atoms with van der Waals surface area (Å²) < 4.78 is 6.50. The van der Waals surface area contributed by atoms with Crippen LogP contribution in [0.2, 0.25) is 0 Å². The van der Waals surface area contributed by atoms with Gasteiger partial charge in [0.05, 0.1) is 10.2 Å². The van der Waals surface area contributed by atoms with Crippen LogP contribution in [-0.2, 0) is 0 Å². The Balaban J connectivity index is 2.18. The first kappa shape index (κ1) is 9.49. The topological polar surface area (TPSA) is 22.1 Å². The average Bonchev–Trinajstić information content (AvgIpc) is 2.60. The number of hydrogen-bond acceptors (Lipinski definition) is 3. The summed E-state index contributed by atoms with van der Waals surface area (Å²) in [7, 11) is 0. The minimum atomic E-state index is 0.462. The fourth-order valence-electron chi connectivity index (χ4n) is 1.07. The van der Waals surface area contributed by atoms with Gasteiger partial charge in [0.15, 0.2) is 0 Å². The van der Waals surface area contributed by atoms with Gasteiger partial charge in [0, 0.05) is 5.54 Å². The van der Waals surface area contributed by atoms with E-state index in [-0.39, 0.29) is 0 Å². The van der Waals surface area contributed by atoms with Gasteiger partial charge in [-0.05, 0) is 18.2 Å². The van der Waals surface area contributed by atoms with E-state index in [1.54, 1.807) is 6.08 Å². The Kier molecular flexibility index (Phi) is 3.01. The molecule has 1 heterocycles. The molecule has 2 aromatic rings. The smallest absolute Gasteiger partial charge is 0.274 e. The first-order valence-corrected chi connectivity index (χ1v) is 5.39. The van der Waals surface area contributed by atoms with Crippen molar-refractivity contribution in [1.82, 2.24) is 4.98 Å². The van der Waals surface area contributed by atoms with Gasteiger partial charge in [-0.2, -0.15) is 0 Å². The number of para-hydroxylation sites is 1. The molecule has 0 bridgehead atoms. The summed E-state index contributed by atoms with van der Waals surface area (Å²) in [5.74, 6) is 0.